The molecule has 0 aromatic heterocycles. The third-order valence-electron chi connectivity index (χ3n) is 2.50. The van der Waals surface area contributed by atoms with Crippen LogP contribution >= 0.6 is 0 Å². The second-order valence-electron chi connectivity index (χ2n) is 3.64. The van der Waals surface area contributed by atoms with Crippen molar-refractivity contribution in [2.45, 2.75) is 11.8 Å². The molecule has 1 unspecified atom stereocenters. The Balaban J connectivity index is 2.46. The number of benzene rings is 2. The van der Waals surface area contributed by atoms with E-state index in [2.05, 4.69) is 0 Å². The molecule has 1 atom stereocenters. The quantitative estimate of drug-likeness (QED) is 0.848. The largest absolute Gasteiger partial charge is 0.248 e. The van der Waals surface area contributed by atoms with Gasteiger partial charge in [0, 0.05) is 0 Å². The molecule has 0 fully saturated rings. The van der Waals surface area contributed by atoms with Gasteiger partial charge in [-0.1, -0.05) is 42.5 Å². The molecule has 0 aliphatic heterocycles. The summed E-state index contributed by atoms with van der Waals surface area (Å²) in [6, 6.07) is 15.9. The Kier molecular flexibility index (Phi) is 3.17. The molecule has 2 aromatic carbocycles. The van der Waals surface area contributed by atoms with Crippen molar-refractivity contribution in [1.82, 2.24) is 0 Å². The highest BCUT2D eigenvalue weighted by Crippen LogP contribution is 2.22. The van der Waals surface area contributed by atoms with Crippen LogP contribution in [0.25, 0.3) is 11.1 Å². The minimum absolute atomic E-state index is 0.694. The lowest BCUT2D eigenvalue weighted by Crippen LogP contribution is -2.04. The summed E-state index contributed by atoms with van der Waals surface area (Å²) in [7, 11) is -1.41. The first-order valence-electron chi connectivity index (χ1n) is 5.01. The molecule has 0 aliphatic rings. The summed E-state index contributed by atoms with van der Waals surface area (Å²) in [6.45, 7) is 1.92. The molecular formula is C13H13NOS. The van der Waals surface area contributed by atoms with Crippen molar-refractivity contribution in [3.8, 4) is 11.1 Å². The normalized spacial score (nSPS) is 12.4. The molecule has 0 aliphatic carbocycles. The molecule has 0 bridgehead atoms. The van der Waals surface area contributed by atoms with Crippen molar-refractivity contribution in [2.75, 3.05) is 0 Å². The lowest BCUT2D eigenvalue weighted by molar-refractivity contribution is 0.684. The highest BCUT2D eigenvalue weighted by atomic mass is 32.2. The van der Waals surface area contributed by atoms with Crippen LogP contribution in [0.1, 0.15) is 5.56 Å². The zero-order chi connectivity index (χ0) is 11.5. The number of nitrogens with two attached hydrogens (primary N) is 1. The molecule has 2 N–H and O–H groups in total. The smallest absolute Gasteiger partial charge is 0.122 e. The van der Waals surface area contributed by atoms with Gasteiger partial charge in [0.25, 0.3) is 0 Å². The van der Waals surface area contributed by atoms with Gasteiger partial charge in [-0.15, -0.1) is 0 Å². The molecule has 0 spiro atoms. The first-order valence-corrected chi connectivity index (χ1v) is 6.22. The van der Waals surface area contributed by atoms with Crippen LogP contribution < -0.4 is 5.14 Å². The Labute approximate surface area is 97.7 Å². The fourth-order valence-corrected chi connectivity index (χ4v) is 2.26. The first kappa shape index (κ1) is 11.0. The van der Waals surface area contributed by atoms with Crippen molar-refractivity contribution >= 4 is 11.0 Å². The van der Waals surface area contributed by atoms with E-state index in [1.165, 1.54) is 0 Å². The van der Waals surface area contributed by atoms with E-state index in [1.807, 2.05) is 55.5 Å². The summed E-state index contributed by atoms with van der Waals surface area (Å²) in [5.74, 6) is 0. The van der Waals surface area contributed by atoms with Crippen LogP contribution in [0, 0.1) is 6.92 Å². The fraction of sp³-hybridized carbons (Fsp3) is 0.0769. The van der Waals surface area contributed by atoms with E-state index < -0.39 is 11.0 Å². The highest BCUT2D eigenvalue weighted by Gasteiger charge is 2.04. The molecule has 0 saturated carbocycles. The van der Waals surface area contributed by atoms with E-state index >= 15 is 0 Å². The van der Waals surface area contributed by atoms with Crippen molar-refractivity contribution in [3.63, 3.8) is 0 Å². The van der Waals surface area contributed by atoms with Crippen molar-refractivity contribution < 1.29 is 4.21 Å². The third-order valence-corrected chi connectivity index (χ3v) is 3.39. The molecule has 82 valence electrons. The van der Waals surface area contributed by atoms with Crippen LogP contribution in [-0.2, 0) is 11.0 Å². The lowest BCUT2D eigenvalue weighted by Gasteiger charge is -2.06. The van der Waals surface area contributed by atoms with Crippen LogP contribution in [0.15, 0.2) is 53.4 Å². The van der Waals surface area contributed by atoms with Gasteiger partial charge in [0.05, 0.1) is 4.90 Å². The van der Waals surface area contributed by atoms with Gasteiger partial charge in [-0.2, -0.15) is 0 Å². The number of hydrogen-bond acceptors (Lipinski definition) is 1. The maximum atomic E-state index is 11.2. The summed E-state index contributed by atoms with van der Waals surface area (Å²) < 4.78 is 11.2. The monoisotopic (exact) mass is 231 g/mol. The molecule has 2 aromatic rings. The Bertz CT molecular complexity index is 523. The Morgan fingerprint density at radius 3 is 2.25 bits per heavy atom. The van der Waals surface area contributed by atoms with E-state index in [9.17, 15) is 4.21 Å². The zero-order valence-electron chi connectivity index (χ0n) is 9.01. The molecule has 2 nitrogen and oxygen atoms in total. The number of hydrogen-bond donors (Lipinski definition) is 1. The van der Waals surface area contributed by atoms with Gasteiger partial charge < -0.3 is 0 Å². The summed E-state index contributed by atoms with van der Waals surface area (Å²) >= 11 is 0. The van der Waals surface area contributed by atoms with Gasteiger partial charge in [0.2, 0.25) is 0 Å². The predicted octanol–water partition coefficient (Wildman–Crippen LogP) is 2.64. The molecule has 3 heteroatoms. The molecule has 16 heavy (non-hydrogen) atoms. The Hall–Kier alpha value is -1.45. The second-order valence-corrected chi connectivity index (χ2v) is 4.68. The minimum Gasteiger partial charge on any atom is -0.248 e. The standard InChI is InChI=1S/C13H13NOS/c1-10-9-12(7-8-13(10)16(14)15)11-5-3-2-4-6-11/h2-9H,14H2,1H3. The molecule has 2 rings (SSSR count). The van der Waals surface area contributed by atoms with E-state index in [-0.39, 0.29) is 0 Å². The summed E-state index contributed by atoms with van der Waals surface area (Å²) in [4.78, 5) is 0.694. The van der Waals surface area contributed by atoms with Crippen LogP contribution in [0.4, 0.5) is 0 Å². The number of aryl methyl sites for hydroxylation is 1. The van der Waals surface area contributed by atoms with Crippen LogP contribution in [-0.4, -0.2) is 4.21 Å². The van der Waals surface area contributed by atoms with Gasteiger partial charge in [-0.25, -0.2) is 9.35 Å². The van der Waals surface area contributed by atoms with Crippen molar-refractivity contribution in [1.29, 1.82) is 0 Å². The van der Waals surface area contributed by atoms with E-state index in [1.54, 1.807) is 0 Å². The number of rotatable bonds is 2. The van der Waals surface area contributed by atoms with Gasteiger partial charge >= 0.3 is 0 Å². The zero-order valence-corrected chi connectivity index (χ0v) is 9.83. The Morgan fingerprint density at radius 1 is 1.00 bits per heavy atom. The SMILES string of the molecule is Cc1cc(-c2ccccc2)ccc1S(N)=O. The fourth-order valence-electron chi connectivity index (χ4n) is 1.69. The molecule has 0 amide bonds. The first-order chi connectivity index (χ1) is 7.68. The van der Waals surface area contributed by atoms with Gasteiger partial charge in [0.1, 0.15) is 11.0 Å². The average Bonchev–Trinajstić information content (AvgIpc) is 2.29. The van der Waals surface area contributed by atoms with Crippen LogP contribution in [0.5, 0.6) is 0 Å². The summed E-state index contributed by atoms with van der Waals surface area (Å²) in [6.07, 6.45) is 0. The molecule has 0 radical (unpaired) electrons. The maximum Gasteiger partial charge on any atom is 0.122 e. The average molecular weight is 231 g/mol. The van der Waals surface area contributed by atoms with Gasteiger partial charge in [-0.3, -0.25) is 0 Å². The van der Waals surface area contributed by atoms with E-state index in [4.69, 9.17) is 5.14 Å². The van der Waals surface area contributed by atoms with Crippen molar-refractivity contribution in [2.24, 2.45) is 5.14 Å². The van der Waals surface area contributed by atoms with E-state index in [0.29, 0.717) is 4.90 Å². The van der Waals surface area contributed by atoms with Crippen LogP contribution in [0.3, 0.4) is 0 Å². The molecule has 0 heterocycles. The third kappa shape index (κ3) is 2.21. The molecule has 0 saturated heterocycles. The van der Waals surface area contributed by atoms with Crippen LogP contribution in [0.2, 0.25) is 0 Å². The summed E-state index contributed by atoms with van der Waals surface area (Å²) in [5, 5.41) is 5.38. The van der Waals surface area contributed by atoms with Gasteiger partial charge in [-0.05, 0) is 29.7 Å². The topological polar surface area (TPSA) is 43.1 Å². The predicted molar refractivity (Wildman–Crippen MR) is 67.2 cm³/mol. The summed E-state index contributed by atoms with van der Waals surface area (Å²) in [5.41, 5.74) is 3.23. The van der Waals surface area contributed by atoms with Crippen molar-refractivity contribution in [3.05, 3.63) is 54.1 Å². The molecular weight excluding hydrogens is 218 g/mol. The Morgan fingerprint density at radius 2 is 1.69 bits per heavy atom. The highest BCUT2D eigenvalue weighted by molar-refractivity contribution is 7.82. The lowest BCUT2D eigenvalue weighted by atomic mass is 10.0. The van der Waals surface area contributed by atoms with E-state index in [0.717, 1.165) is 16.7 Å². The second kappa shape index (κ2) is 4.60. The maximum absolute atomic E-state index is 11.2. The van der Waals surface area contributed by atoms with Gasteiger partial charge in [0.15, 0.2) is 0 Å². The minimum atomic E-state index is -1.41.